The van der Waals surface area contributed by atoms with E-state index in [-0.39, 0.29) is 11.2 Å². The molecule has 1 aromatic rings. The molecule has 1 fully saturated rings. The molecule has 1 aliphatic heterocycles. The third-order valence-electron chi connectivity index (χ3n) is 5.53. The summed E-state index contributed by atoms with van der Waals surface area (Å²) in [6.07, 6.45) is 5.83. The summed E-state index contributed by atoms with van der Waals surface area (Å²) in [4.78, 5) is 8.96. The number of hydrogen-bond acceptors (Lipinski definition) is 4. The van der Waals surface area contributed by atoms with E-state index < -0.39 is 9.84 Å². The molecule has 1 heterocycles. The SMILES string of the molecule is CN=C(NCC(C)(C)CCS(C)(=O)=O)N(C)Cc1ccc(N2CCCCC2)cc1. The van der Waals surface area contributed by atoms with Crippen LogP contribution in [0.1, 0.15) is 45.1 Å². The fourth-order valence-electron chi connectivity index (χ4n) is 3.57. The Hall–Kier alpha value is -1.76. The van der Waals surface area contributed by atoms with Crippen molar-refractivity contribution >= 4 is 21.5 Å². The van der Waals surface area contributed by atoms with Crippen LogP contribution >= 0.6 is 0 Å². The minimum absolute atomic E-state index is 0.129. The van der Waals surface area contributed by atoms with Gasteiger partial charge in [-0.15, -0.1) is 0 Å². The highest BCUT2D eigenvalue weighted by Crippen LogP contribution is 2.21. The third kappa shape index (κ3) is 8.25. The van der Waals surface area contributed by atoms with Gasteiger partial charge < -0.3 is 15.1 Å². The fourth-order valence-corrected chi connectivity index (χ4v) is 4.49. The van der Waals surface area contributed by atoms with Crippen LogP contribution in [0.4, 0.5) is 5.69 Å². The Labute approximate surface area is 177 Å². The van der Waals surface area contributed by atoms with Crippen LogP contribution in [-0.4, -0.2) is 65.0 Å². The summed E-state index contributed by atoms with van der Waals surface area (Å²) >= 11 is 0. The lowest BCUT2D eigenvalue weighted by molar-refractivity contribution is 0.340. The maximum Gasteiger partial charge on any atom is 0.193 e. The summed E-state index contributed by atoms with van der Waals surface area (Å²) in [5, 5.41) is 3.40. The number of nitrogens with zero attached hydrogens (tertiary/aromatic N) is 3. The first-order chi connectivity index (χ1) is 13.6. The lowest BCUT2D eigenvalue weighted by Gasteiger charge is -2.30. The topological polar surface area (TPSA) is 65.0 Å². The minimum Gasteiger partial charge on any atom is -0.372 e. The minimum atomic E-state index is -2.94. The molecule has 2 rings (SSSR count). The number of anilines is 1. The van der Waals surface area contributed by atoms with Gasteiger partial charge >= 0.3 is 0 Å². The summed E-state index contributed by atoms with van der Waals surface area (Å²) in [7, 11) is 0.863. The zero-order chi connectivity index (χ0) is 21.5. The molecule has 29 heavy (non-hydrogen) atoms. The number of hydrogen-bond donors (Lipinski definition) is 1. The molecule has 1 aliphatic rings. The monoisotopic (exact) mass is 422 g/mol. The first-order valence-corrected chi connectivity index (χ1v) is 12.6. The van der Waals surface area contributed by atoms with Gasteiger partial charge in [0.25, 0.3) is 0 Å². The van der Waals surface area contributed by atoms with Crippen molar-refractivity contribution in [1.29, 1.82) is 0 Å². The van der Waals surface area contributed by atoms with Crippen molar-refractivity contribution < 1.29 is 8.42 Å². The lowest BCUT2D eigenvalue weighted by Crippen LogP contribution is -2.43. The summed E-state index contributed by atoms with van der Waals surface area (Å²) in [5.41, 5.74) is 2.43. The summed E-state index contributed by atoms with van der Waals surface area (Å²) < 4.78 is 22.9. The number of aliphatic imine (C=N–C) groups is 1. The fraction of sp³-hybridized carbons (Fsp3) is 0.682. The van der Waals surface area contributed by atoms with Gasteiger partial charge in [0.05, 0.1) is 5.75 Å². The summed E-state index contributed by atoms with van der Waals surface area (Å²) in [6.45, 7) is 7.92. The van der Waals surface area contributed by atoms with E-state index in [0.717, 1.165) is 25.6 Å². The van der Waals surface area contributed by atoms with E-state index in [1.807, 2.05) is 7.05 Å². The van der Waals surface area contributed by atoms with Gasteiger partial charge in [-0.25, -0.2) is 8.42 Å². The number of sulfone groups is 1. The number of piperidine rings is 1. The molecule has 6 nitrogen and oxygen atoms in total. The van der Waals surface area contributed by atoms with Crippen molar-refractivity contribution in [1.82, 2.24) is 10.2 Å². The normalized spacial score (nSPS) is 16.0. The molecule has 0 amide bonds. The van der Waals surface area contributed by atoms with Crippen LogP contribution < -0.4 is 10.2 Å². The third-order valence-corrected chi connectivity index (χ3v) is 6.47. The molecule has 1 saturated heterocycles. The van der Waals surface area contributed by atoms with Crippen molar-refractivity contribution in [3.05, 3.63) is 29.8 Å². The predicted molar refractivity (Wildman–Crippen MR) is 123 cm³/mol. The van der Waals surface area contributed by atoms with Crippen LogP contribution in [0, 0.1) is 5.41 Å². The Morgan fingerprint density at radius 2 is 1.79 bits per heavy atom. The average Bonchev–Trinajstić information content (AvgIpc) is 2.68. The maximum absolute atomic E-state index is 11.5. The van der Waals surface area contributed by atoms with E-state index in [0.29, 0.717) is 13.0 Å². The van der Waals surface area contributed by atoms with E-state index in [2.05, 4.69) is 58.2 Å². The molecule has 1 aromatic carbocycles. The van der Waals surface area contributed by atoms with Gasteiger partial charge in [0, 0.05) is 52.2 Å². The molecule has 0 atom stereocenters. The van der Waals surface area contributed by atoms with Crippen molar-refractivity contribution in [3.63, 3.8) is 0 Å². The standard InChI is InChI=1S/C22H38N4O2S/c1-22(2,13-16-29(5,27)28)18-24-21(23-3)25(4)17-19-9-11-20(12-10-19)26-14-7-6-8-15-26/h9-12H,6-8,13-18H2,1-5H3,(H,23,24). The molecule has 0 saturated carbocycles. The van der Waals surface area contributed by atoms with Crippen LogP contribution in [0.5, 0.6) is 0 Å². The second-order valence-corrected chi connectivity index (χ2v) is 11.3. The van der Waals surface area contributed by atoms with Gasteiger partial charge in [0.1, 0.15) is 9.84 Å². The van der Waals surface area contributed by atoms with E-state index in [1.54, 1.807) is 7.05 Å². The molecule has 0 radical (unpaired) electrons. The van der Waals surface area contributed by atoms with Crippen molar-refractivity contribution in [2.24, 2.45) is 10.4 Å². The first-order valence-electron chi connectivity index (χ1n) is 10.5. The van der Waals surface area contributed by atoms with E-state index in [1.165, 1.54) is 36.8 Å². The molecule has 0 aromatic heterocycles. The summed E-state index contributed by atoms with van der Waals surface area (Å²) in [6, 6.07) is 8.84. The highest BCUT2D eigenvalue weighted by molar-refractivity contribution is 7.90. The van der Waals surface area contributed by atoms with Crippen molar-refractivity contribution in [3.8, 4) is 0 Å². The molecule has 0 unspecified atom stereocenters. The Morgan fingerprint density at radius 3 is 2.34 bits per heavy atom. The zero-order valence-electron chi connectivity index (χ0n) is 18.7. The number of rotatable bonds is 8. The van der Waals surface area contributed by atoms with Gasteiger partial charge in [0.2, 0.25) is 0 Å². The predicted octanol–water partition coefficient (Wildman–Crippen LogP) is 3.15. The van der Waals surface area contributed by atoms with Crippen molar-refractivity contribution in [2.75, 3.05) is 50.6 Å². The van der Waals surface area contributed by atoms with Crippen LogP contribution in [0.3, 0.4) is 0 Å². The van der Waals surface area contributed by atoms with Crippen LogP contribution in [-0.2, 0) is 16.4 Å². The smallest absolute Gasteiger partial charge is 0.193 e. The Kier molecular flexibility index (Phi) is 8.37. The molecular weight excluding hydrogens is 384 g/mol. The van der Waals surface area contributed by atoms with Crippen LogP contribution in [0.15, 0.2) is 29.3 Å². The van der Waals surface area contributed by atoms with Gasteiger partial charge in [0.15, 0.2) is 5.96 Å². The second kappa shape index (κ2) is 10.3. The van der Waals surface area contributed by atoms with E-state index in [9.17, 15) is 8.42 Å². The largest absolute Gasteiger partial charge is 0.372 e. The number of nitrogens with one attached hydrogen (secondary N) is 1. The first kappa shape index (κ1) is 23.5. The van der Waals surface area contributed by atoms with Gasteiger partial charge in [-0.2, -0.15) is 0 Å². The number of benzene rings is 1. The second-order valence-electron chi connectivity index (χ2n) is 9.02. The van der Waals surface area contributed by atoms with Gasteiger partial charge in [-0.3, -0.25) is 4.99 Å². The zero-order valence-corrected chi connectivity index (χ0v) is 19.6. The molecule has 7 heteroatoms. The lowest BCUT2D eigenvalue weighted by atomic mass is 9.90. The molecular formula is C22H38N4O2S. The van der Waals surface area contributed by atoms with E-state index >= 15 is 0 Å². The Balaban J connectivity index is 1.88. The van der Waals surface area contributed by atoms with Crippen LogP contribution in [0.25, 0.3) is 0 Å². The quantitative estimate of drug-likeness (QED) is 0.515. The highest BCUT2D eigenvalue weighted by atomic mass is 32.2. The van der Waals surface area contributed by atoms with Gasteiger partial charge in [-0.05, 0) is 48.8 Å². The number of guanidine groups is 1. The summed E-state index contributed by atoms with van der Waals surface area (Å²) in [5.74, 6) is 1.02. The van der Waals surface area contributed by atoms with Crippen molar-refractivity contribution in [2.45, 2.75) is 46.1 Å². The van der Waals surface area contributed by atoms with Crippen LogP contribution in [0.2, 0.25) is 0 Å². The molecule has 1 N–H and O–H groups in total. The van der Waals surface area contributed by atoms with Gasteiger partial charge in [-0.1, -0.05) is 26.0 Å². The Bertz CT molecular complexity index is 767. The highest BCUT2D eigenvalue weighted by Gasteiger charge is 2.21. The maximum atomic E-state index is 11.5. The molecule has 0 spiro atoms. The van der Waals surface area contributed by atoms with E-state index in [4.69, 9.17) is 0 Å². The average molecular weight is 423 g/mol. The Morgan fingerprint density at radius 1 is 1.17 bits per heavy atom. The molecule has 0 aliphatic carbocycles. The molecule has 164 valence electrons. The molecule has 0 bridgehead atoms.